The summed E-state index contributed by atoms with van der Waals surface area (Å²) in [5, 5.41) is 5.29. The molecule has 0 bridgehead atoms. The van der Waals surface area contributed by atoms with Gasteiger partial charge in [0.25, 0.3) is 0 Å². The van der Waals surface area contributed by atoms with Gasteiger partial charge in [0.1, 0.15) is 0 Å². The maximum atomic E-state index is 5.65. The average molecular weight is 223 g/mol. The summed E-state index contributed by atoms with van der Waals surface area (Å²) in [5.74, 6) is 6.18. The van der Waals surface area contributed by atoms with Crippen LogP contribution >= 0.6 is 12.2 Å². The second-order valence-corrected chi connectivity index (χ2v) is 3.07. The summed E-state index contributed by atoms with van der Waals surface area (Å²) in [6.07, 6.45) is 1.70. The first-order valence-electron chi connectivity index (χ1n) is 4.35. The minimum absolute atomic E-state index is 0.528. The number of thiocarbonyl (C=S) groups is 1. The molecule has 0 aliphatic rings. The lowest BCUT2D eigenvalue weighted by Crippen LogP contribution is -2.37. The van der Waals surface area contributed by atoms with Crippen LogP contribution in [0.5, 0.6) is 0 Å². The van der Waals surface area contributed by atoms with Gasteiger partial charge in [0.2, 0.25) is 0 Å². The fourth-order valence-electron chi connectivity index (χ4n) is 1.03. The molecule has 0 amide bonds. The Morgan fingerprint density at radius 2 is 2.40 bits per heavy atom. The molecule has 1 aromatic heterocycles. The standard InChI is InChI=1S/C9H13N5S/c1-7-3-4-8(5-12-7)9(13-11-2)14(10)6-15/h3-6,11H,10H2,1-2H3/b13-9-. The lowest BCUT2D eigenvalue weighted by Gasteiger charge is -2.14. The van der Waals surface area contributed by atoms with Crippen molar-refractivity contribution in [2.45, 2.75) is 6.92 Å². The number of nitrogens with two attached hydrogens (primary N) is 1. The number of hydrogen-bond acceptors (Lipinski definition) is 5. The van der Waals surface area contributed by atoms with E-state index in [-0.39, 0.29) is 0 Å². The molecule has 0 saturated carbocycles. The maximum Gasteiger partial charge on any atom is 0.176 e. The number of rotatable bonds is 3. The lowest BCUT2D eigenvalue weighted by atomic mass is 10.2. The Balaban J connectivity index is 3.04. The zero-order chi connectivity index (χ0) is 11.3. The van der Waals surface area contributed by atoms with E-state index in [1.165, 1.54) is 10.5 Å². The number of nitrogens with zero attached hydrogens (tertiary/aromatic N) is 3. The van der Waals surface area contributed by atoms with Crippen LogP contribution in [-0.4, -0.2) is 28.4 Å². The predicted octanol–water partition coefficient (Wildman–Crippen LogP) is 0.404. The molecule has 0 aliphatic heterocycles. The van der Waals surface area contributed by atoms with Crippen molar-refractivity contribution < 1.29 is 0 Å². The fraction of sp³-hybridized carbons (Fsp3) is 0.222. The Hall–Kier alpha value is -1.53. The summed E-state index contributed by atoms with van der Waals surface area (Å²) >= 11 is 4.74. The topological polar surface area (TPSA) is 66.5 Å². The first-order chi connectivity index (χ1) is 7.19. The smallest absolute Gasteiger partial charge is 0.176 e. The second kappa shape index (κ2) is 5.38. The molecule has 0 saturated heterocycles. The van der Waals surface area contributed by atoms with Gasteiger partial charge in [-0.1, -0.05) is 12.2 Å². The molecule has 0 spiro atoms. The number of amidine groups is 1. The van der Waals surface area contributed by atoms with Crippen LogP contribution in [0.25, 0.3) is 0 Å². The minimum Gasteiger partial charge on any atom is -0.311 e. The average Bonchev–Trinajstić information content (AvgIpc) is 2.26. The van der Waals surface area contributed by atoms with Gasteiger partial charge in [0.15, 0.2) is 5.84 Å². The highest BCUT2D eigenvalue weighted by atomic mass is 32.1. The Bertz CT molecular complexity index is 359. The first kappa shape index (κ1) is 11.5. The van der Waals surface area contributed by atoms with E-state index < -0.39 is 0 Å². The van der Waals surface area contributed by atoms with Crippen molar-refractivity contribution in [1.29, 1.82) is 0 Å². The third-order valence-corrected chi connectivity index (χ3v) is 1.97. The molecule has 6 heteroatoms. The Morgan fingerprint density at radius 3 is 2.87 bits per heavy atom. The lowest BCUT2D eigenvalue weighted by molar-refractivity contribution is 0.670. The zero-order valence-electron chi connectivity index (χ0n) is 8.64. The van der Waals surface area contributed by atoms with E-state index >= 15 is 0 Å². The summed E-state index contributed by atoms with van der Waals surface area (Å²) < 4.78 is 0. The maximum absolute atomic E-state index is 5.65. The molecule has 1 heterocycles. The Morgan fingerprint density at radius 1 is 1.67 bits per heavy atom. The largest absolute Gasteiger partial charge is 0.311 e. The highest BCUT2D eigenvalue weighted by molar-refractivity contribution is 7.78. The molecule has 3 N–H and O–H groups in total. The van der Waals surface area contributed by atoms with Gasteiger partial charge in [-0.25, -0.2) is 5.84 Å². The van der Waals surface area contributed by atoms with E-state index in [0.29, 0.717) is 5.84 Å². The molecule has 1 aromatic rings. The molecule has 80 valence electrons. The number of nitrogens with one attached hydrogen (secondary N) is 1. The second-order valence-electron chi connectivity index (χ2n) is 2.86. The van der Waals surface area contributed by atoms with Crippen molar-refractivity contribution in [2.75, 3.05) is 7.05 Å². The van der Waals surface area contributed by atoms with Crippen LogP contribution in [0.15, 0.2) is 23.4 Å². The Labute approximate surface area is 94.0 Å². The van der Waals surface area contributed by atoms with Gasteiger partial charge in [-0.15, -0.1) is 0 Å². The number of hydrogen-bond donors (Lipinski definition) is 2. The number of hydrazine groups is 1. The number of hydrazone groups is 1. The quantitative estimate of drug-likeness (QED) is 0.255. The monoisotopic (exact) mass is 223 g/mol. The minimum atomic E-state index is 0.528. The van der Waals surface area contributed by atoms with E-state index in [0.717, 1.165) is 11.3 Å². The van der Waals surface area contributed by atoms with Crippen LogP contribution in [0, 0.1) is 6.92 Å². The molecule has 0 atom stereocenters. The number of aromatic nitrogens is 1. The molecule has 1 rings (SSSR count). The van der Waals surface area contributed by atoms with Gasteiger partial charge < -0.3 is 5.43 Å². The van der Waals surface area contributed by atoms with Gasteiger partial charge in [-0.3, -0.25) is 9.99 Å². The van der Waals surface area contributed by atoms with Gasteiger partial charge in [0, 0.05) is 24.5 Å². The third-order valence-electron chi connectivity index (χ3n) is 1.75. The SMILES string of the molecule is CN/N=C(/c1ccc(C)nc1)N(N)C=S. The van der Waals surface area contributed by atoms with E-state index in [9.17, 15) is 0 Å². The summed E-state index contributed by atoms with van der Waals surface area (Å²) in [6.45, 7) is 1.91. The van der Waals surface area contributed by atoms with Crippen molar-refractivity contribution in [3.05, 3.63) is 29.6 Å². The normalized spacial score (nSPS) is 11.0. The molecule has 0 aliphatic carbocycles. The van der Waals surface area contributed by atoms with Crippen molar-refractivity contribution in [3.63, 3.8) is 0 Å². The van der Waals surface area contributed by atoms with Crippen molar-refractivity contribution in [3.8, 4) is 0 Å². The number of pyridine rings is 1. The van der Waals surface area contributed by atoms with Crippen LogP contribution in [0.1, 0.15) is 11.3 Å². The van der Waals surface area contributed by atoms with E-state index in [1.54, 1.807) is 13.2 Å². The molecule has 0 aromatic carbocycles. The van der Waals surface area contributed by atoms with Crippen LogP contribution in [-0.2, 0) is 0 Å². The summed E-state index contributed by atoms with van der Waals surface area (Å²) in [7, 11) is 1.69. The van der Waals surface area contributed by atoms with E-state index in [1.807, 2.05) is 19.1 Å². The molecule has 0 unspecified atom stereocenters. The highest BCUT2D eigenvalue weighted by Crippen LogP contribution is 2.02. The molecule has 15 heavy (non-hydrogen) atoms. The van der Waals surface area contributed by atoms with Gasteiger partial charge >= 0.3 is 0 Å². The van der Waals surface area contributed by atoms with E-state index in [4.69, 9.17) is 18.1 Å². The highest BCUT2D eigenvalue weighted by Gasteiger charge is 2.08. The first-order valence-corrected chi connectivity index (χ1v) is 4.83. The van der Waals surface area contributed by atoms with Crippen molar-refractivity contribution in [2.24, 2.45) is 10.9 Å². The molecule has 0 fully saturated rings. The van der Waals surface area contributed by atoms with Gasteiger partial charge in [-0.05, 0) is 19.1 Å². The van der Waals surface area contributed by atoms with Crippen molar-refractivity contribution in [1.82, 2.24) is 15.4 Å². The van der Waals surface area contributed by atoms with Crippen LogP contribution < -0.4 is 11.3 Å². The van der Waals surface area contributed by atoms with Crippen LogP contribution in [0.4, 0.5) is 0 Å². The van der Waals surface area contributed by atoms with Gasteiger partial charge in [-0.2, -0.15) is 5.10 Å². The van der Waals surface area contributed by atoms with Gasteiger partial charge in [0.05, 0.1) is 5.49 Å². The molecule has 5 nitrogen and oxygen atoms in total. The molecular weight excluding hydrogens is 210 g/mol. The van der Waals surface area contributed by atoms with Crippen LogP contribution in [0.3, 0.4) is 0 Å². The summed E-state index contributed by atoms with van der Waals surface area (Å²) in [6, 6.07) is 3.77. The predicted molar refractivity (Wildman–Crippen MR) is 64.3 cm³/mol. The Kier molecular flexibility index (Phi) is 4.14. The summed E-state index contributed by atoms with van der Waals surface area (Å²) in [5.41, 5.74) is 5.73. The van der Waals surface area contributed by atoms with Crippen molar-refractivity contribution >= 4 is 23.5 Å². The number of aryl methyl sites for hydroxylation is 1. The van der Waals surface area contributed by atoms with Crippen LogP contribution in [0.2, 0.25) is 0 Å². The third kappa shape index (κ3) is 2.97. The van der Waals surface area contributed by atoms with E-state index in [2.05, 4.69) is 15.5 Å². The zero-order valence-corrected chi connectivity index (χ0v) is 9.45. The fourth-order valence-corrected chi connectivity index (χ4v) is 1.13. The summed E-state index contributed by atoms with van der Waals surface area (Å²) in [4.78, 5) is 4.16. The molecule has 0 radical (unpaired) electrons. The molecular formula is C9H13N5S.